The fraction of sp³-hybridized carbons (Fsp3) is 0. The molecule has 9 rings (SSSR count). The van der Waals surface area contributed by atoms with Crippen molar-refractivity contribution in [3.8, 4) is 33.4 Å². The van der Waals surface area contributed by atoms with Crippen LogP contribution in [0.25, 0.3) is 66.2 Å². The number of fused-ring (bicyclic) bond motifs is 4. The minimum absolute atomic E-state index is 0.800. The Morgan fingerprint density at radius 1 is 0.417 bits per heavy atom. The molecule has 0 fully saturated rings. The molecule has 2 heterocycles. The molecule has 226 valence electrons. The van der Waals surface area contributed by atoms with Gasteiger partial charge in [-0.3, -0.25) is 4.98 Å². The molecule has 0 aliphatic carbocycles. The van der Waals surface area contributed by atoms with Crippen molar-refractivity contribution in [3.63, 3.8) is 0 Å². The topological polar surface area (TPSA) is 29.3 Å². The first-order valence-electron chi connectivity index (χ1n) is 16.2. The van der Waals surface area contributed by atoms with E-state index in [1.807, 2.05) is 18.3 Å². The van der Waals surface area contributed by atoms with E-state index in [0.717, 1.165) is 50.3 Å². The molecule has 7 aromatic carbocycles. The van der Waals surface area contributed by atoms with Gasteiger partial charge in [0.2, 0.25) is 0 Å². The van der Waals surface area contributed by atoms with Gasteiger partial charge in [-0.15, -0.1) is 0 Å². The molecular formula is C45H30N2O. The number of hydrogen-bond donors (Lipinski definition) is 0. The van der Waals surface area contributed by atoms with Gasteiger partial charge in [-0.25, -0.2) is 0 Å². The van der Waals surface area contributed by atoms with Gasteiger partial charge in [0.15, 0.2) is 5.58 Å². The van der Waals surface area contributed by atoms with Gasteiger partial charge < -0.3 is 9.32 Å². The standard InChI is InChI=1S/C45H30N2O/c1-2-8-31(9-3-1)33-17-23-38(24-18-33)47(39-25-19-34(20-26-39)37-16-15-32-10-4-5-11-36(32)30-37)40-27-21-35(22-28-40)41-12-6-13-42-44-43(48-45(41)42)14-7-29-46-44/h1-30H. The lowest BCUT2D eigenvalue weighted by molar-refractivity contribution is 0.669. The van der Waals surface area contributed by atoms with E-state index in [4.69, 9.17) is 4.42 Å². The predicted octanol–water partition coefficient (Wildman–Crippen LogP) is 12.6. The third-order valence-electron chi connectivity index (χ3n) is 9.13. The number of aromatic nitrogens is 1. The van der Waals surface area contributed by atoms with Crippen LogP contribution in [-0.4, -0.2) is 4.98 Å². The average molecular weight is 615 g/mol. The number of rotatable bonds is 6. The van der Waals surface area contributed by atoms with Gasteiger partial charge in [0.25, 0.3) is 0 Å². The summed E-state index contributed by atoms with van der Waals surface area (Å²) < 4.78 is 6.30. The Hall–Kier alpha value is -6.45. The Bertz CT molecular complexity index is 2530. The molecule has 0 N–H and O–H groups in total. The fourth-order valence-electron chi connectivity index (χ4n) is 6.69. The molecule has 3 nitrogen and oxygen atoms in total. The molecule has 9 aromatic rings. The summed E-state index contributed by atoms with van der Waals surface area (Å²) in [5, 5.41) is 3.52. The van der Waals surface area contributed by atoms with Gasteiger partial charge in [-0.2, -0.15) is 0 Å². The minimum atomic E-state index is 0.800. The molecular weight excluding hydrogens is 585 g/mol. The van der Waals surface area contributed by atoms with Crippen LogP contribution in [0, 0.1) is 0 Å². The smallest absolute Gasteiger partial charge is 0.153 e. The van der Waals surface area contributed by atoms with E-state index < -0.39 is 0 Å². The highest BCUT2D eigenvalue weighted by Gasteiger charge is 2.16. The maximum absolute atomic E-state index is 6.30. The van der Waals surface area contributed by atoms with E-state index in [9.17, 15) is 0 Å². The zero-order chi connectivity index (χ0) is 31.9. The van der Waals surface area contributed by atoms with Crippen molar-refractivity contribution in [1.82, 2.24) is 4.98 Å². The van der Waals surface area contributed by atoms with Crippen LogP contribution >= 0.6 is 0 Å². The Balaban J connectivity index is 1.11. The summed E-state index contributed by atoms with van der Waals surface area (Å²) in [5.41, 5.74) is 12.7. The number of benzene rings is 7. The van der Waals surface area contributed by atoms with E-state index in [2.05, 4.69) is 174 Å². The number of anilines is 3. The molecule has 0 aliphatic rings. The highest BCUT2D eigenvalue weighted by molar-refractivity contribution is 6.07. The third kappa shape index (κ3) is 4.99. The second-order valence-electron chi connectivity index (χ2n) is 12.0. The van der Waals surface area contributed by atoms with E-state index in [1.54, 1.807) is 0 Å². The van der Waals surface area contributed by atoms with Gasteiger partial charge in [-0.1, -0.05) is 115 Å². The van der Waals surface area contributed by atoms with E-state index >= 15 is 0 Å². The molecule has 0 unspecified atom stereocenters. The first kappa shape index (κ1) is 27.8. The Morgan fingerprint density at radius 3 is 1.71 bits per heavy atom. The molecule has 0 radical (unpaired) electrons. The molecule has 0 saturated heterocycles. The van der Waals surface area contributed by atoms with E-state index in [1.165, 1.54) is 33.0 Å². The molecule has 3 heteroatoms. The van der Waals surface area contributed by atoms with Crippen molar-refractivity contribution in [2.75, 3.05) is 4.90 Å². The summed E-state index contributed by atoms with van der Waals surface area (Å²) in [5.74, 6) is 0. The Morgan fingerprint density at radius 2 is 1.00 bits per heavy atom. The number of para-hydroxylation sites is 1. The molecule has 0 amide bonds. The van der Waals surface area contributed by atoms with Crippen LogP contribution in [0.15, 0.2) is 187 Å². The molecule has 0 atom stereocenters. The van der Waals surface area contributed by atoms with Crippen molar-refractivity contribution in [3.05, 3.63) is 182 Å². The lowest BCUT2D eigenvalue weighted by Gasteiger charge is -2.26. The maximum atomic E-state index is 6.30. The van der Waals surface area contributed by atoms with Crippen LogP contribution in [0.3, 0.4) is 0 Å². The summed E-state index contributed by atoms with van der Waals surface area (Å²) >= 11 is 0. The van der Waals surface area contributed by atoms with Crippen LogP contribution in [0.1, 0.15) is 0 Å². The van der Waals surface area contributed by atoms with Gasteiger partial charge in [0, 0.05) is 34.2 Å². The first-order chi connectivity index (χ1) is 23.8. The molecule has 0 saturated carbocycles. The van der Waals surface area contributed by atoms with Crippen LogP contribution in [0.2, 0.25) is 0 Å². The van der Waals surface area contributed by atoms with Crippen LogP contribution in [0.5, 0.6) is 0 Å². The number of pyridine rings is 1. The second-order valence-corrected chi connectivity index (χ2v) is 12.0. The third-order valence-corrected chi connectivity index (χ3v) is 9.13. The molecule has 0 bridgehead atoms. The van der Waals surface area contributed by atoms with Crippen LogP contribution < -0.4 is 4.90 Å². The SMILES string of the molecule is c1ccc(-c2ccc(N(c3ccc(-c4ccc5ccccc5c4)cc3)c3ccc(-c4cccc5c4oc4cccnc45)cc3)cc2)cc1. The summed E-state index contributed by atoms with van der Waals surface area (Å²) in [6, 6.07) is 62.2. The second kappa shape index (κ2) is 11.7. The van der Waals surface area contributed by atoms with Gasteiger partial charge in [0.05, 0.1) is 0 Å². The van der Waals surface area contributed by atoms with Crippen molar-refractivity contribution in [2.45, 2.75) is 0 Å². The summed E-state index contributed by atoms with van der Waals surface area (Å²) in [7, 11) is 0. The highest BCUT2D eigenvalue weighted by Crippen LogP contribution is 2.39. The van der Waals surface area contributed by atoms with Gasteiger partial charge in [-0.05, 0) is 99.3 Å². The summed E-state index contributed by atoms with van der Waals surface area (Å²) in [4.78, 5) is 6.89. The molecule has 48 heavy (non-hydrogen) atoms. The van der Waals surface area contributed by atoms with Crippen molar-refractivity contribution in [1.29, 1.82) is 0 Å². The zero-order valence-electron chi connectivity index (χ0n) is 26.1. The van der Waals surface area contributed by atoms with Gasteiger partial charge >= 0.3 is 0 Å². The maximum Gasteiger partial charge on any atom is 0.153 e. The molecule has 2 aromatic heterocycles. The fourth-order valence-corrected chi connectivity index (χ4v) is 6.69. The Labute approximate surface area is 279 Å². The van der Waals surface area contributed by atoms with Crippen LogP contribution in [0.4, 0.5) is 17.1 Å². The molecule has 0 aliphatic heterocycles. The van der Waals surface area contributed by atoms with Crippen LogP contribution in [-0.2, 0) is 0 Å². The number of hydrogen-bond acceptors (Lipinski definition) is 3. The lowest BCUT2D eigenvalue weighted by Crippen LogP contribution is -2.09. The average Bonchev–Trinajstić information content (AvgIpc) is 3.55. The quantitative estimate of drug-likeness (QED) is 0.187. The van der Waals surface area contributed by atoms with Crippen molar-refractivity contribution >= 4 is 49.9 Å². The van der Waals surface area contributed by atoms with Crippen molar-refractivity contribution < 1.29 is 4.42 Å². The van der Waals surface area contributed by atoms with E-state index in [-0.39, 0.29) is 0 Å². The van der Waals surface area contributed by atoms with Gasteiger partial charge in [0.1, 0.15) is 11.1 Å². The monoisotopic (exact) mass is 614 g/mol. The molecule has 0 spiro atoms. The van der Waals surface area contributed by atoms with Crippen molar-refractivity contribution in [2.24, 2.45) is 0 Å². The largest absolute Gasteiger partial charge is 0.454 e. The number of nitrogens with zero attached hydrogens (tertiary/aromatic N) is 2. The number of furan rings is 1. The summed E-state index contributed by atoms with van der Waals surface area (Å²) in [6.45, 7) is 0. The summed E-state index contributed by atoms with van der Waals surface area (Å²) in [6.07, 6.45) is 1.81. The first-order valence-corrected chi connectivity index (χ1v) is 16.2. The highest BCUT2D eigenvalue weighted by atomic mass is 16.3. The predicted molar refractivity (Wildman–Crippen MR) is 200 cm³/mol. The zero-order valence-corrected chi connectivity index (χ0v) is 26.1. The minimum Gasteiger partial charge on any atom is -0.454 e. The van der Waals surface area contributed by atoms with E-state index in [0.29, 0.717) is 0 Å². The normalized spacial score (nSPS) is 11.3. The lowest BCUT2D eigenvalue weighted by atomic mass is 10.0. The Kier molecular flexibility index (Phi) is 6.80.